The molecule has 72 valence electrons. The van der Waals surface area contributed by atoms with Crippen molar-refractivity contribution in [1.82, 2.24) is 9.97 Å². The van der Waals surface area contributed by atoms with E-state index in [-0.39, 0.29) is 0 Å². The van der Waals surface area contributed by atoms with E-state index in [1.54, 1.807) is 23.7 Å². The number of hydrogen-bond donors (Lipinski definition) is 1. The molecule has 0 aliphatic rings. The van der Waals surface area contributed by atoms with Crippen molar-refractivity contribution in [3.05, 3.63) is 27.6 Å². The predicted octanol–water partition coefficient (Wildman–Crippen LogP) is 3.01. The molecule has 14 heavy (non-hydrogen) atoms. The predicted molar refractivity (Wildman–Crippen MR) is 62.6 cm³/mol. The van der Waals surface area contributed by atoms with Crippen LogP contribution >= 0.6 is 27.3 Å². The lowest BCUT2D eigenvalue weighted by Crippen LogP contribution is -1.94. The molecule has 0 saturated heterocycles. The Morgan fingerprint density at radius 1 is 1.36 bits per heavy atom. The second-order valence-corrected chi connectivity index (χ2v) is 4.27. The zero-order chi connectivity index (χ0) is 9.97. The van der Waals surface area contributed by atoms with E-state index in [4.69, 9.17) is 0 Å². The molecule has 0 aliphatic carbocycles. The smallest absolute Gasteiger partial charge is 0.144 e. The number of rotatable bonds is 2. The van der Waals surface area contributed by atoms with Crippen LogP contribution in [0.15, 0.2) is 27.6 Å². The van der Waals surface area contributed by atoms with Crippen molar-refractivity contribution in [2.24, 2.45) is 0 Å². The van der Waals surface area contributed by atoms with Gasteiger partial charge in [-0.3, -0.25) is 4.98 Å². The molecule has 2 heterocycles. The van der Waals surface area contributed by atoms with Gasteiger partial charge in [0.15, 0.2) is 0 Å². The zero-order valence-corrected chi connectivity index (χ0v) is 9.89. The molecule has 0 spiro atoms. The summed E-state index contributed by atoms with van der Waals surface area (Å²) in [6.07, 6.45) is 3.46. The molecular weight excluding hydrogens is 262 g/mol. The number of nitrogens with one attached hydrogen (secondary N) is 1. The Morgan fingerprint density at radius 3 is 2.86 bits per heavy atom. The van der Waals surface area contributed by atoms with E-state index >= 15 is 0 Å². The van der Waals surface area contributed by atoms with Crippen LogP contribution in [0, 0.1) is 0 Å². The Morgan fingerprint density at radius 2 is 2.21 bits per heavy atom. The average Bonchev–Trinajstić information content (AvgIpc) is 2.65. The highest BCUT2D eigenvalue weighted by atomic mass is 79.9. The van der Waals surface area contributed by atoms with E-state index < -0.39 is 0 Å². The second kappa shape index (κ2) is 4.06. The van der Waals surface area contributed by atoms with Gasteiger partial charge in [0.1, 0.15) is 5.82 Å². The summed E-state index contributed by atoms with van der Waals surface area (Å²) < 4.78 is 1.06. The van der Waals surface area contributed by atoms with E-state index in [1.807, 2.05) is 17.8 Å². The Balaban J connectivity index is 2.47. The van der Waals surface area contributed by atoms with E-state index in [1.165, 1.54) is 0 Å². The summed E-state index contributed by atoms with van der Waals surface area (Å²) in [5, 5.41) is 7.04. The van der Waals surface area contributed by atoms with Crippen LogP contribution < -0.4 is 5.32 Å². The van der Waals surface area contributed by atoms with Gasteiger partial charge in [-0.05, 0) is 15.9 Å². The SMILES string of the molecule is CNc1cncc(-c2cscc2Br)n1. The molecule has 0 amide bonds. The van der Waals surface area contributed by atoms with Gasteiger partial charge >= 0.3 is 0 Å². The topological polar surface area (TPSA) is 37.8 Å². The van der Waals surface area contributed by atoms with Crippen LogP contribution in [-0.2, 0) is 0 Å². The van der Waals surface area contributed by atoms with Crippen molar-refractivity contribution in [3.63, 3.8) is 0 Å². The first-order valence-electron chi connectivity index (χ1n) is 4.03. The fourth-order valence-electron chi connectivity index (χ4n) is 1.08. The first-order chi connectivity index (χ1) is 6.81. The molecule has 2 aromatic rings. The molecule has 0 aliphatic heterocycles. The molecule has 0 fully saturated rings. The molecule has 0 bridgehead atoms. The molecule has 0 aromatic carbocycles. The molecule has 0 radical (unpaired) electrons. The van der Waals surface area contributed by atoms with Crippen molar-refractivity contribution in [2.45, 2.75) is 0 Å². The van der Waals surface area contributed by atoms with Gasteiger partial charge in [0.05, 0.1) is 18.1 Å². The molecule has 0 unspecified atom stereocenters. The third kappa shape index (κ3) is 1.78. The monoisotopic (exact) mass is 269 g/mol. The lowest BCUT2D eigenvalue weighted by atomic mass is 10.2. The Bertz CT molecular complexity index is 441. The first kappa shape index (κ1) is 9.61. The highest BCUT2D eigenvalue weighted by Gasteiger charge is 2.06. The van der Waals surface area contributed by atoms with E-state index in [0.717, 1.165) is 21.5 Å². The van der Waals surface area contributed by atoms with Crippen LogP contribution in [0.3, 0.4) is 0 Å². The summed E-state index contributed by atoms with van der Waals surface area (Å²) in [4.78, 5) is 8.51. The van der Waals surface area contributed by atoms with Crippen molar-refractivity contribution in [1.29, 1.82) is 0 Å². The summed E-state index contributed by atoms with van der Waals surface area (Å²) in [6.45, 7) is 0. The quantitative estimate of drug-likeness (QED) is 0.911. The maximum atomic E-state index is 4.40. The van der Waals surface area contributed by atoms with Gasteiger partial charge in [-0.1, -0.05) is 0 Å². The second-order valence-electron chi connectivity index (χ2n) is 2.67. The summed E-state index contributed by atoms with van der Waals surface area (Å²) in [7, 11) is 1.83. The highest BCUT2D eigenvalue weighted by Crippen LogP contribution is 2.30. The lowest BCUT2D eigenvalue weighted by molar-refractivity contribution is 1.19. The first-order valence-corrected chi connectivity index (χ1v) is 5.76. The van der Waals surface area contributed by atoms with Crippen LogP contribution in [0.2, 0.25) is 0 Å². The number of aromatic nitrogens is 2. The largest absolute Gasteiger partial charge is 0.372 e. The normalized spacial score (nSPS) is 10.1. The summed E-state index contributed by atoms with van der Waals surface area (Å²) in [5.74, 6) is 0.778. The van der Waals surface area contributed by atoms with E-state index in [2.05, 4.69) is 31.2 Å². The van der Waals surface area contributed by atoms with Crippen molar-refractivity contribution in [3.8, 4) is 11.3 Å². The Kier molecular flexibility index (Phi) is 2.79. The van der Waals surface area contributed by atoms with Gasteiger partial charge in [-0.15, -0.1) is 0 Å². The van der Waals surface area contributed by atoms with Crippen molar-refractivity contribution >= 4 is 33.1 Å². The summed E-state index contributed by atoms with van der Waals surface area (Å²) in [5.41, 5.74) is 1.96. The van der Waals surface area contributed by atoms with E-state index in [0.29, 0.717) is 0 Å². The average molecular weight is 270 g/mol. The molecule has 1 N–H and O–H groups in total. The maximum absolute atomic E-state index is 4.40. The van der Waals surface area contributed by atoms with Gasteiger partial charge in [-0.2, -0.15) is 11.3 Å². The van der Waals surface area contributed by atoms with E-state index in [9.17, 15) is 0 Å². The number of halogens is 1. The van der Waals surface area contributed by atoms with Crippen LogP contribution in [0.25, 0.3) is 11.3 Å². The van der Waals surface area contributed by atoms with Gasteiger partial charge < -0.3 is 5.32 Å². The molecule has 2 aromatic heterocycles. The molecular formula is C9H8BrN3S. The minimum atomic E-state index is 0.778. The molecule has 0 saturated carbocycles. The van der Waals surface area contributed by atoms with Gasteiger partial charge in [0.25, 0.3) is 0 Å². The zero-order valence-electron chi connectivity index (χ0n) is 7.49. The van der Waals surface area contributed by atoms with Crippen LogP contribution in [0.1, 0.15) is 0 Å². The highest BCUT2D eigenvalue weighted by molar-refractivity contribution is 9.10. The third-order valence-corrected chi connectivity index (χ3v) is 3.48. The number of hydrogen-bond acceptors (Lipinski definition) is 4. The minimum absolute atomic E-state index is 0.778. The molecule has 3 nitrogen and oxygen atoms in total. The summed E-state index contributed by atoms with van der Waals surface area (Å²) in [6, 6.07) is 0. The van der Waals surface area contributed by atoms with Gasteiger partial charge in [-0.25, -0.2) is 4.98 Å². The van der Waals surface area contributed by atoms with Crippen molar-refractivity contribution < 1.29 is 0 Å². The Labute approximate surface area is 94.4 Å². The van der Waals surface area contributed by atoms with Crippen LogP contribution in [-0.4, -0.2) is 17.0 Å². The van der Waals surface area contributed by atoms with Gasteiger partial charge in [0, 0.05) is 27.8 Å². The fraction of sp³-hybridized carbons (Fsp3) is 0.111. The number of thiophene rings is 1. The molecule has 5 heteroatoms. The van der Waals surface area contributed by atoms with Gasteiger partial charge in [0.2, 0.25) is 0 Å². The van der Waals surface area contributed by atoms with Crippen LogP contribution in [0.5, 0.6) is 0 Å². The number of nitrogens with zero attached hydrogens (tertiary/aromatic N) is 2. The van der Waals surface area contributed by atoms with Crippen molar-refractivity contribution in [2.75, 3.05) is 12.4 Å². The lowest BCUT2D eigenvalue weighted by Gasteiger charge is -2.01. The summed E-state index contributed by atoms with van der Waals surface area (Å²) >= 11 is 5.11. The van der Waals surface area contributed by atoms with Crippen LogP contribution in [0.4, 0.5) is 5.82 Å². The molecule has 0 atom stereocenters. The minimum Gasteiger partial charge on any atom is -0.372 e. The Hall–Kier alpha value is -0.940. The molecule has 2 rings (SSSR count). The number of anilines is 1. The maximum Gasteiger partial charge on any atom is 0.144 e. The third-order valence-electron chi connectivity index (χ3n) is 1.78. The standard InChI is InChI=1S/C9H8BrN3S/c1-11-9-3-12-2-8(13-9)6-4-14-5-7(6)10/h2-5H,1H3,(H,11,13). The fourth-order valence-corrected chi connectivity index (χ4v) is 2.57.